The fourth-order valence-corrected chi connectivity index (χ4v) is 4.29. The Bertz CT molecular complexity index is 1150. The third-order valence-electron chi connectivity index (χ3n) is 6.02. The summed E-state index contributed by atoms with van der Waals surface area (Å²) in [6.45, 7) is 0.903. The average molecular weight is 444 g/mol. The molecule has 2 aromatic carbocycles. The van der Waals surface area contributed by atoms with Crippen molar-refractivity contribution in [3.05, 3.63) is 47.0 Å². The van der Waals surface area contributed by atoms with E-state index in [4.69, 9.17) is 11.2 Å². The summed E-state index contributed by atoms with van der Waals surface area (Å²) < 4.78 is 5.90. The Kier molecular flexibility index (Phi) is 6.77. The van der Waals surface area contributed by atoms with Gasteiger partial charge in [-0.05, 0) is 62.7 Å². The van der Waals surface area contributed by atoms with Gasteiger partial charge in [-0.15, -0.1) is 6.42 Å². The largest absolute Gasteiger partial charge is 0.508 e. The van der Waals surface area contributed by atoms with E-state index in [2.05, 4.69) is 28.4 Å². The molecule has 1 atom stereocenters. The Hall–Kier alpha value is -3.61. The third kappa shape index (κ3) is 5.25. The van der Waals surface area contributed by atoms with E-state index in [0.29, 0.717) is 36.0 Å². The Morgan fingerprint density at radius 3 is 2.79 bits per heavy atom. The highest BCUT2D eigenvalue weighted by Gasteiger charge is 2.27. The maximum Gasteiger partial charge on any atom is 0.267 e. The molecule has 0 aromatic heterocycles. The second-order valence-electron chi connectivity index (χ2n) is 8.81. The second-order valence-corrected chi connectivity index (χ2v) is 8.81. The van der Waals surface area contributed by atoms with Crippen molar-refractivity contribution in [1.29, 1.82) is 0 Å². The van der Waals surface area contributed by atoms with Crippen molar-refractivity contribution in [3.8, 4) is 35.7 Å². The van der Waals surface area contributed by atoms with Gasteiger partial charge in [-0.25, -0.2) is 0 Å². The number of nitrogens with zero attached hydrogens (tertiary/aromatic N) is 1. The lowest BCUT2D eigenvalue weighted by atomic mass is 9.94. The number of ether oxygens (including phenoxy) is 1. The van der Waals surface area contributed by atoms with Gasteiger partial charge in [0.05, 0.1) is 24.5 Å². The van der Waals surface area contributed by atoms with Crippen LogP contribution in [0.5, 0.6) is 11.5 Å². The molecule has 2 aliphatic rings. The lowest BCUT2D eigenvalue weighted by Crippen LogP contribution is -2.41. The monoisotopic (exact) mass is 443 g/mol. The van der Waals surface area contributed by atoms with Crippen molar-refractivity contribution in [2.45, 2.75) is 37.7 Å². The maximum absolute atomic E-state index is 13.0. The van der Waals surface area contributed by atoms with Gasteiger partial charge in [0.15, 0.2) is 6.10 Å². The summed E-state index contributed by atoms with van der Waals surface area (Å²) in [7, 11) is 3.91. The van der Waals surface area contributed by atoms with Crippen LogP contribution in [0.1, 0.15) is 48.3 Å². The number of carbonyl (C=O) groups excluding carboxylic acids is 1. The van der Waals surface area contributed by atoms with Gasteiger partial charge in [0.25, 0.3) is 5.91 Å². The van der Waals surface area contributed by atoms with Crippen molar-refractivity contribution in [2.24, 2.45) is 0 Å². The van der Waals surface area contributed by atoms with Crippen molar-refractivity contribution in [2.75, 3.05) is 37.8 Å². The van der Waals surface area contributed by atoms with Gasteiger partial charge in [0, 0.05) is 17.2 Å². The van der Waals surface area contributed by atoms with Crippen LogP contribution in [-0.4, -0.2) is 49.2 Å². The number of amides is 1. The van der Waals surface area contributed by atoms with E-state index >= 15 is 0 Å². The van der Waals surface area contributed by atoms with Crippen LogP contribution < -0.4 is 15.4 Å². The second kappa shape index (κ2) is 9.90. The van der Waals surface area contributed by atoms with Gasteiger partial charge < -0.3 is 20.5 Å². The summed E-state index contributed by atoms with van der Waals surface area (Å²) in [6.07, 6.45) is 9.19. The number of anilines is 2. The molecule has 6 nitrogen and oxygen atoms in total. The molecule has 1 aliphatic carbocycles. The van der Waals surface area contributed by atoms with E-state index in [1.807, 2.05) is 31.1 Å². The number of phenolic OH excluding ortho intramolecular Hbond substituents is 1. The molecule has 0 bridgehead atoms. The third-order valence-corrected chi connectivity index (χ3v) is 6.02. The molecule has 0 saturated heterocycles. The molecule has 1 fully saturated rings. The molecular formula is C27H29N3O3. The number of rotatable bonds is 4. The Labute approximate surface area is 195 Å². The highest BCUT2D eigenvalue weighted by molar-refractivity contribution is 5.96. The van der Waals surface area contributed by atoms with Gasteiger partial charge in [0.1, 0.15) is 11.5 Å². The standard InChI is InChI=1S/C27H29N3O3/c1-4-18-11-12-25-23(14-18)28-17-26(33-25)27(32)29-22-16-24(31)21(19-8-5-6-9-19)15-20(22)10-7-13-30(2)3/h1,11-12,14-16,19,26,28,31H,5-6,8-9,13,17H2,2-3H3,(H,29,32). The zero-order valence-corrected chi connectivity index (χ0v) is 19.1. The highest BCUT2D eigenvalue weighted by Crippen LogP contribution is 2.40. The smallest absolute Gasteiger partial charge is 0.267 e. The number of aromatic hydroxyl groups is 1. The molecule has 33 heavy (non-hydrogen) atoms. The molecule has 1 amide bonds. The molecular weight excluding hydrogens is 414 g/mol. The quantitative estimate of drug-likeness (QED) is 0.628. The molecule has 2 aromatic rings. The van der Waals surface area contributed by atoms with Crippen molar-refractivity contribution >= 4 is 17.3 Å². The summed E-state index contributed by atoms with van der Waals surface area (Å²) in [5.74, 6) is 9.71. The van der Waals surface area contributed by atoms with E-state index in [0.717, 1.165) is 29.7 Å². The van der Waals surface area contributed by atoms with Gasteiger partial charge in [-0.3, -0.25) is 9.69 Å². The van der Waals surface area contributed by atoms with Crippen molar-refractivity contribution in [1.82, 2.24) is 4.90 Å². The number of hydrogen-bond donors (Lipinski definition) is 3. The minimum Gasteiger partial charge on any atom is -0.508 e. The van der Waals surface area contributed by atoms with Crippen molar-refractivity contribution in [3.63, 3.8) is 0 Å². The number of fused-ring (bicyclic) bond motifs is 1. The van der Waals surface area contributed by atoms with Crippen LogP contribution >= 0.6 is 0 Å². The summed E-state index contributed by atoms with van der Waals surface area (Å²) in [6, 6.07) is 8.91. The molecule has 0 spiro atoms. The van der Waals surface area contributed by atoms with Crippen LogP contribution in [-0.2, 0) is 4.79 Å². The zero-order valence-electron chi connectivity index (χ0n) is 19.1. The van der Waals surface area contributed by atoms with E-state index in [-0.39, 0.29) is 11.7 Å². The number of terminal acetylenes is 1. The number of benzene rings is 2. The number of nitrogens with one attached hydrogen (secondary N) is 2. The van der Waals surface area contributed by atoms with Crippen molar-refractivity contribution < 1.29 is 14.6 Å². The molecule has 1 heterocycles. The molecule has 3 N–H and O–H groups in total. The number of carbonyl (C=O) groups is 1. The Morgan fingerprint density at radius 2 is 2.06 bits per heavy atom. The number of phenols is 1. The minimum absolute atomic E-state index is 0.199. The van der Waals surface area contributed by atoms with E-state index in [9.17, 15) is 9.90 Å². The summed E-state index contributed by atoms with van der Waals surface area (Å²) >= 11 is 0. The molecule has 4 rings (SSSR count). The molecule has 1 unspecified atom stereocenters. The normalized spacial score (nSPS) is 17.2. The zero-order chi connectivity index (χ0) is 23.4. The van der Waals surface area contributed by atoms with Gasteiger partial charge in [0.2, 0.25) is 0 Å². The molecule has 6 heteroatoms. The van der Waals surface area contributed by atoms with E-state index in [1.54, 1.807) is 18.2 Å². The van der Waals surface area contributed by atoms with E-state index < -0.39 is 6.10 Å². The van der Waals surface area contributed by atoms with Crippen LogP contribution in [0.15, 0.2) is 30.3 Å². The minimum atomic E-state index is -0.728. The fraction of sp³-hybridized carbons (Fsp3) is 0.370. The summed E-state index contributed by atoms with van der Waals surface area (Å²) in [5, 5.41) is 16.9. The van der Waals surface area contributed by atoms with Gasteiger partial charge in [-0.2, -0.15) is 0 Å². The Morgan fingerprint density at radius 1 is 1.27 bits per heavy atom. The lowest BCUT2D eigenvalue weighted by Gasteiger charge is -2.27. The molecule has 170 valence electrons. The van der Waals surface area contributed by atoms with Crippen LogP contribution in [0, 0.1) is 24.2 Å². The van der Waals surface area contributed by atoms with Crippen LogP contribution in [0.25, 0.3) is 0 Å². The first-order chi connectivity index (χ1) is 15.9. The first kappa shape index (κ1) is 22.6. The summed E-state index contributed by atoms with van der Waals surface area (Å²) in [5.41, 5.74) is 3.61. The first-order valence-electron chi connectivity index (χ1n) is 11.3. The van der Waals surface area contributed by atoms with Gasteiger partial charge >= 0.3 is 0 Å². The molecule has 1 aliphatic heterocycles. The van der Waals surface area contributed by atoms with Crippen LogP contribution in [0.2, 0.25) is 0 Å². The fourth-order valence-electron chi connectivity index (χ4n) is 4.29. The van der Waals surface area contributed by atoms with Crippen LogP contribution in [0.3, 0.4) is 0 Å². The highest BCUT2D eigenvalue weighted by atomic mass is 16.5. The molecule has 0 radical (unpaired) electrons. The van der Waals surface area contributed by atoms with Gasteiger partial charge in [-0.1, -0.05) is 30.6 Å². The first-order valence-corrected chi connectivity index (χ1v) is 11.3. The van der Waals surface area contributed by atoms with E-state index in [1.165, 1.54) is 12.8 Å². The Balaban J connectivity index is 1.56. The average Bonchev–Trinajstić information content (AvgIpc) is 3.34. The summed E-state index contributed by atoms with van der Waals surface area (Å²) in [4.78, 5) is 15.0. The lowest BCUT2D eigenvalue weighted by molar-refractivity contribution is -0.122. The predicted molar refractivity (Wildman–Crippen MR) is 131 cm³/mol. The number of hydrogen-bond acceptors (Lipinski definition) is 5. The van der Waals surface area contributed by atoms with Crippen LogP contribution in [0.4, 0.5) is 11.4 Å². The molecule has 1 saturated carbocycles. The SMILES string of the molecule is C#Cc1ccc2c(c1)NCC(C(=O)Nc1cc(O)c(C3CCCC3)cc1C#CCN(C)C)O2. The topological polar surface area (TPSA) is 73.8 Å². The maximum atomic E-state index is 13.0. The predicted octanol–water partition coefficient (Wildman–Crippen LogP) is 3.76.